The quantitative estimate of drug-likeness (QED) is 0.465. The Morgan fingerprint density at radius 3 is 2.14 bits per heavy atom. The second kappa shape index (κ2) is 8.12. The van der Waals surface area contributed by atoms with Crippen molar-refractivity contribution in [1.29, 1.82) is 0 Å². The van der Waals surface area contributed by atoms with Crippen molar-refractivity contribution in [2.75, 3.05) is 6.61 Å². The van der Waals surface area contributed by atoms with Crippen molar-refractivity contribution in [2.24, 2.45) is 0 Å². The molecule has 4 rings (SSSR count). The van der Waals surface area contributed by atoms with E-state index in [4.69, 9.17) is 9.16 Å². The first kappa shape index (κ1) is 20.4. The van der Waals surface area contributed by atoms with Gasteiger partial charge in [-0.05, 0) is 15.4 Å². The van der Waals surface area contributed by atoms with Gasteiger partial charge in [0.1, 0.15) is 23.3 Å². The third-order valence-electron chi connectivity index (χ3n) is 5.52. The van der Waals surface area contributed by atoms with Crippen LogP contribution in [0.4, 0.5) is 0 Å². The van der Waals surface area contributed by atoms with Gasteiger partial charge in [-0.1, -0.05) is 81.4 Å². The van der Waals surface area contributed by atoms with Gasteiger partial charge >= 0.3 is 0 Å². The van der Waals surface area contributed by atoms with E-state index >= 15 is 0 Å². The van der Waals surface area contributed by atoms with Crippen LogP contribution in [-0.2, 0) is 9.16 Å². The number of ether oxygens (including phenoxy) is 1. The SMILES string of the molecule is CC(C)(C)[Si](OC[C@@H]1O[C@@H]1[C@H](O)c1nccs1)(c1ccccc1)c1ccccc1. The van der Waals surface area contributed by atoms with E-state index in [-0.39, 0.29) is 17.2 Å². The molecule has 29 heavy (non-hydrogen) atoms. The van der Waals surface area contributed by atoms with E-state index in [0.29, 0.717) is 11.6 Å². The van der Waals surface area contributed by atoms with Gasteiger partial charge in [0.2, 0.25) is 0 Å². The van der Waals surface area contributed by atoms with Crippen LogP contribution in [0, 0.1) is 0 Å². The van der Waals surface area contributed by atoms with Crippen LogP contribution in [0.3, 0.4) is 0 Å². The molecule has 0 bridgehead atoms. The Hall–Kier alpha value is -1.83. The third-order valence-corrected chi connectivity index (χ3v) is 11.4. The molecule has 1 fully saturated rings. The summed E-state index contributed by atoms with van der Waals surface area (Å²) in [5.41, 5.74) is 0. The highest BCUT2D eigenvalue weighted by Gasteiger charge is 2.53. The molecule has 2 heterocycles. The van der Waals surface area contributed by atoms with Crippen LogP contribution in [0.15, 0.2) is 72.2 Å². The summed E-state index contributed by atoms with van der Waals surface area (Å²) in [7, 11) is -2.58. The zero-order valence-electron chi connectivity index (χ0n) is 17.0. The fourth-order valence-corrected chi connectivity index (χ4v) is 9.28. The number of epoxide rings is 1. The smallest absolute Gasteiger partial charge is 0.261 e. The Labute approximate surface area is 177 Å². The molecule has 1 aliphatic rings. The molecule has 6 heteroatoms. The summed E-state index contributed by atoms with van der Waals surface area (Å²) in [5.74, 6) is 0. The molecule has 0 spiro atoms. The maximum absolute atomic E-state index is 10.5. The first-order chi connectivity index (χ1) is 13.9. The van der Waals surface area contributed by atoms with Gasteiger partial charge in [-0.25, -0.2) is 4.98 Å². The van der Waals surface area contributed by atoms with E-state index in [0.717, 1.165) is 0 Å². The van der Waals surface area contributed by atoms with Crippen molar-refractivity contribution in [1.82, 2.24) is 4.98 Å². The van der Waals surface area contributed by atoms with Gasteiger partial charge in [-0.3, -0.25) is 0 Å². The Morgan fingerprint density at radius 1 is 1.07 bits per heavy atom. The van der Waals surface area contributed by atoms with Crippen LogP contribution in [-0.4, -0.2) is 37.2 Å². The van der Waals surface area contributed by atoms with Gasteiger partial charge in [0.15, 0.2) is 0 Å². The molecule has 3 atom stereocenters. The fourth-order valence-electron chi connectivity index (χ4n) is 4.06. The number of hydrogen-bond donors (Lipinski definition) is 1. The number of aliphatic hydroxyl groups is 1. The van der Waals surface area contributed by atoms with Crippen molar-refractivity contribution in [3.05, 3.63) is 77.2 Å². The molecular weight excluding hydrogens is 398 g/mol. The molecule has 1 aromatic heterocycles. The summed E-state index contributed by atoms with van der Waals surface area (Å²) in [6.45, 7) is 7.24. The number of aliphatic hydroxyl groups excluding tert-OH is 1. The lowest BCUT2D eigenvalue weighted by Gasteiger charge is -2.43. The van der Waals surface area contributed by atoms with Crippen molar-refractivity contribution in [2.45, 2.75) is 44.1 Å². The lowest BCUT2D eigenvalue weighted by molar-refractivity contribution is 0.136. The van der Waals surface area contributed by atoms with Gasteiger partial charge in [0.05, 0.1) is 6.61 Å². The third kappa shape index (κ3) is 3.95. The van der Waals surface area contributed by atoms with E-state index < -0.39 is 14.4 Å². The maximum Gasteiger partial charge on any atom is 0.261 e. The second-order valence-corrected chi connectivity index (χ2v) is 13.7. The van der Waals surface area contributed by atoms with E-state index in [1.165, 1.54) is 21.7 Å². The molecular formula is C23H27NO3SSi. The maximum atomic E-state index is 10.5. The van der Waals surface area contributed by atoms with Gasteiger partial charge < -0.3 is 14.3 Å². The van der Waals surface area contributed by atoms with Gasteiger partial charge in [0.25, 0.3) is 8.32 Å². The van der Waals surface area contributed by atoms with E-state index in [1.54, 1.807) is 6.20 Å². The zero-order valence-corrected chi connectivity index (χ0v) is 18.8. The zero-order chi connectivity index (χ0) is 20.5. The highest BCUT2D eigenvalue weighted by atomic mass is 32.1. The minimum absolute atomic E-state index is 0.0754. The van der Waals surface area contributed by atoms with Gasteiger partial charge in [-0.15, -0.1) is 11.3 Å². The number of rotatable bonds is 7. The molecule has 2 aromatic carbocycles. The molecule has 0 amide bonds. The summed E-state index contributed by atoms with van der Waals surface area (Å²) < 4.78 is 12.7. The predicted octanol–water partition coefficient (Wildman–Crippen LogP) is 3.52. The summed E-state index contributed by atoms with van der Waals surface area (Å²) in [6.07, 6.45) is 0.650. The van der Waals surface area contributed by atoms with E-state index in [2.05, 4.69) is 74.3 Å². The highest BCUT2D eigenvalue weighted by molar-refractivity contribution is 7.09. The molecule has 152 valence electrons. The van der Waals surface area contributed by atoms with E-state index in [9.17, 15) is 5.11 Å². The summed E-state index contributed by atoms with van der Waals surface area (Å²) in [5, 5.41) is 15.5. The van der Waals surface area contributed by atoms with Crippen LogP contribution in [0.2, 0.25) is 5.04 Å². The first-order valence-corrected chi connectivity index (χ1v) is 12.7. The van der Waals surface area contributed by atoms with Crippen molar-refractivity contribution >= 4 is 30.0 Å². The molecule has 1 aliphatic heterocycles. The van der Waals surface area contributed by atoms with Gasteiger partial charge in [0, 0.05) is 11.6 Å². The Kier molecular flexibility index (Phi) is 5.73. The molecule has 4 nitrogen and oxygen atoms in total. The van der Waals surface area contributed by atoms with Crippen LogP contribution < -0.4 is 10.4 Å². The highest BCUT2D eigenvalue weighted by Crippen LogP contribution is 2.40. The standard InChI is InChI=1S/C23H27NO3SSi/c1-23(2,3)29(17-10-6-4-7-11-17,18-12-8-5-9-13-18)26-16-19-21(27-19)20(25)22-24-14-15-28-22/h4-15,19-21,25H,16H2,1-3H3/t19-,20-,21-/m0/s1. The molecule has 1 N–H and O–H groups in total. The number of benzene rings is 2. The fraction of sp³-hybridized carbons (Fsp3) is 0.348. The number of nitrogens with zero attached hydrogens (tertiary/aromatic N) is 1. The van der Waals surface area contributed by atoms with Crippen LogP contribution in [0.5, 0.6) is 0 Å². The Balaban J connectivity index is 1.62. The molecule has 0 saturated carbocycles. The van der Waals surface area contributed by atoms with Crippen LogP contribution >= 0.6 is 11.3 Å². The van der Waals surface area contributed by atoms with Crippen LogP contribution in [0.25, 0.3) is 0 Å². The molecule has 0 unspecified atom stereocenters. The second-order valence-electron chi connectivity index (χ2n) is 8.43. The topological polar surface area (TPSA) is 54.9 Å². The average Bonchev–Trinajstić information content (AvgIpc) is 3.28. The molecule has 3 aromatic rings. The average molecular weight is 426 g/mol. The Morgan fingerprint density at radius 2 is 1.66 bits per heavy atom. The largest absolute Gasteiger partial charge is 0.405 e. The van der Waals surface area contributed by atoms with Crippen molar-refractivity contribution in [3.8, 4) is 0 Å². The number of thiazole rings is 1. The minimum atomic E-state index is -2.58. The summed E-state index contributed by atoms with van der Waals surface area (Å²) in [6, 6.07) is 21.1. The Bertz CT molecular complexity index is 873. The summed E-state index contributed by atoms with van der Waals surface area (Å²) >= 11 is 1.45. The number of hydrogen-bond acceptors (Lipinski definition) is 5. The lowest BCUT2D eigenvalue weighted by atomic mass is 10.2. The summed E-state index contributed by atoms with van der Waals surface area (Å²) in [4.78, 5) is 4.21. The monoisotopic (exact) mass is 425 g/mol. The predicted molar refractivity (Wildman–Crippen MR) is 119 cm³/mol. The van der Waals surface area contributed by atoms with Crippen LogP contribution in [0.1, 0.15) is 31.9 Å². The van der Waals surface area contributed by atoms with E-state index in [1.807, 2.05) is 17.5 Å². The van der Waals surface area contributed by atoms with Crippen molar-refractivity contribution in [3.63, 3.8) is 0 Å². The molecule has 0 aliphatic carbocycles. The van der Waals surface area contributed by atoms with Crippen molar-refractivity contribution < 1.29 is 14.3 Å². The minimum Gasteiger partial charge on any atom is -0.405 e. The number of aromatic nitrogens is 1. The normalized spacial score (nSPS) is 20.4. The molecule has 1 saturated heterocycles. The lowest BCUT2D eigenvalue weighted by Crippen LogP contribution is -2.66. The molecule has 0 radical (unpaired) electrons. The first-order valence-electron chi connectivity index (χ1n) is 9.91. The van der Waals surface area contributed by atoms with Gasteiger partial charge in [-0.2, -0.15) is 0 Å².